The maximum absolute atomic E-state index is 11.6. The fraction of sp³-hybridized carbons (Fsp3) is 0. The predicted octanol–water partition coefficient (Wildman–Crippen LogP) is 3.67. The van der Waals surface area contributed by atoms with Crippen molar-refractivity contribution in [1.29, 1.82) is 0 Å². The predicted molar refractivity (Wildman–Crippen MR) is 68.3 cm³/mol. The molecule has 0 amide bonds. The van der Waals surface area contributed by atoms with Crippen LogP contribution in [0, 0.1) is 0 Å². The molecule has 2 aromatic rings. The van der Waals surface area contributed by atoms with Gasteiger partial charge < -0.3 is 4.98 Å². The number of allylic oxidation sites excluding steroid dienone is 1. The summed E-state index contributed by atoms with van der Waals surface area (Å²) < 4.78 is 1.00. The van der Waals surface area contributed by atoms with E-state index in [0.29, 0.717) is 5.69 Å². The summed E-state index contributed by atoms with van der Waals surface area (Å²) in [5.74, 6) is -0.0232. The SMILES string of the molecule is O=C(/C=C/c1cccc(Br)c1)c1ccc[nH]1. The first kappa shape index (κ1) is 10.9. The van der Waals surface area contributed by atoms with E-state index in [1.807, 2.05) is 24.3 Å². The number of nitrogens with one attached hydrogen (secondary N) is 1. The lowest BCUT2D eigenvalue weighted by Crippen LogP contribution is -1.93. The number of ketones is 1. The highest BCUT2D eigenvalue weighted by Crippen LogP contribution is 2.13. The highest BCUT2D eigenvalue weighted by molar-refractivity contribution is 9.10. The molecule has 0 aliphatic carbocycles. The second-order valence-corrected chi connectivity index (χ2v) is 4.25. The van der Waals surface area contributed by atoms with Gasteiger partial charge in [0.05, 0.1) is 5.69 Å². The van der Waals surface area contributed by atoms with Crippen molar-refractivity contribution in [2.24, 2.45) is 0 Å². The zero-order valence-corrected chi connectivity index (χ0v) is 10.1. The van der Waals surface area contributed by atoms with Gasteiger partial charge in [-0.2, -0.15) is 0 Å². The van der Waals surface area contributed by atoms with E-state index in [1.165, 1.54) is 0 Å². The molecule has 0 spiro atoms. The van der Waals surface area contributed by atoms with Gasteiger partial charge in [-0.05, 0) is 35.9 Å². The number of aromatic nitrogens is 1. The maximum atomic E-state index is 11.6. The molecule has 1 aromatic heterocycles. The summed E-state index contributed by atoms with van der Waals surface area (Å²) in [6.45, 7) is 0. The first-order valence-electron chi connectivity index (χ1n) is 4.87. The van der Waals surface area contributed by atoms with Crippen LogP contribution in [0.25, 0.3) is 6.08 Å². The Morgan fingerprint density at radius 3 is 2.81 bits per heavy atom. The number of hydrogen-bond acceptors (Lipinski definition) is 1. The van der Waals surface area contributed by atoms with Gasteiger partial charge in [0.15, 0.2) is 0 Å². The molecule has 2 nitrogen and oxygen atoms in total. The van der Waals surface area contributed by atoms with Crippen LogP contribution in [0.15, 0.2) is 53.1 Å². The van der Waals surface area contributed by atoms with Crippen LogP contribution in [0.3, 0.4) is 0 Å². The molecule has 1 N–H and O–H groups in total. The van der Waals surface area contributed by atoms with Crippen LogP contribution < -0.4 is 0 Å². The number of halogens is 1. The van der Waals surface area contributed by atoms with Crippen LogP contribution in [0.2, 0.25) is 0 Å². The molecule has 1 aromatic carbocycles. The number of carbonyl (C=O) groups is 1. The molecule has 0 aliphatic rings. The van der Waals surface area contributed by atoms with Crippen molar-refractivity contribution in [1.82, 2.24) is 4.98 Å². The lowest BCUT2D eigenvalue weighted by atomic mass is 10.2. The molecule has 0 aliphatic heterocycles. The Kier molecular flexibility index (Phi) is 3.37. The third-order valence-electron chi connectivity index (χ3n) is 2.14. The van der Waals surface area contributed by atoms with Crippen molar-refractivity contribution < 1.29 is 4.79 Å². The third kappa shape index (κ3) is 2.70. The molecule has 0 fully saturated rings. The summed E-state index contributed by atoms with van der Waals surface area (Å²) in [6, 6.07) is 11.3. The smallest absolute Gasteiger partial charge is 0.201 e. The third-order valence-corrected chi connectivity index (χ3v) is 2.63. The first-order valence-corrected chi connectivity index (χ1v) is 5.66. The minimum Gasteiger partial charge on any atom is -0.359 e. The number of aromatic amines is 1. The van der Waals surface area contributed by atoms with Crippen molar-refractivity contribution in [3.8, 4) is 0 Å². The molecule has 0 bridgehead atoms. The fourth-order valence-corrected chi connectivity index (χ4v) is 1.77. The quantitative estimate of drug-likeness (QED) is 0.673. The summed E-state index contributed by atoms with van der Waals surface area (Å²) >= 11 is 3.38. The van der Waals surface area contributed by atoms with Crippen LogP contribution >= 0.6 is 15.9 Å². The van der Waals surface area contributed by atoms with E-state index in [0.717, 1.165) is 10.0 Å². The Labute approximate surface area is 102 Å². The molecular formula is C13H10BrNO. The molecule has 0 unspecified atom stereocenters. The summed E-state index contributed by atoms with van der Waals surface area (Å²) in [7, 11) is 0. The Bertz CT molecular complexity index is 514. The number of carbonyl (C=O) groups excluding carboxylic acids is 1. The topological polar surface area (TPSA) is 32.9 Å². The van der Waals surface area contributed by atoms with E-state index >= 15 is 0 Å². The van der Waals surface area contributed by atoms with Gasteiger partial charge in [0.2, 0.25) is 5.78 Å². The minimum absolute atomic E-state index is 0.0232. The number of benzene rings is 1. The minimum atomic E-state index is -0.0232. The Morgan fingerprint density at radius 2 is 2.12 bits per heavy atom. The number of hydrogen-bond donors (Lipinski definition) is 1. The van der Waals surface area contributed by atoms with Crippen molar-refractivity contribution in [2.45, 2.75) is 0 Å². The van der Waals surface area contributed by atoms with Crippen molar-refractivity contribution in [3.63, 3.8) is 0 Å². The molecule has 2 rings (SSSR count). The van der Waals surface area contributed by atoms with Gasteiger partial charge in [-0.25, -0.2) is 0 Å². The second-order valence-electron chi connectivity index (χ2n) is 3.34. The normalized spacial score (nSPS) is 10.8. The highest BCUT2D eigenvalue weighted by Gasteiger charge is 2.00. The van der Waals surface area contributed by atoms with Gasteiger partial charge in [-0.3, -0.25) is 4.79 Å². The highest BCUT2D eigenvalue weighted by atomic mass is 79.9. The van der Waals surface area contributed by atoms with Crippen LogP contribution in [0.4, 0.5) is 0 Å². The van der Waals surface area contributed by atoms with Crippen LogP contribution in [-0.2, 0) is 0 Å². The zero-order chi connectivity index (χ0) is 11.4. The second kappa shape index (κ2) is 4.94. The van der Waals surface area contributed by atoms with E-state index in [4.69, 9.17) is 0 Å². The average molecular weight is 276 g/mol. The lowest BCUT2D eigenvalue weighted by molar-refractivity contribution is 0.104. The zero-order valence-electron chi connectivity index (χ0n) is 8.48. The van der Waals surface area contributed by atoms with Crippen molar-refractivity contribution in [3.05, 3.63) is 64.4 Å². The van der Waals surface area contributed by atoms with Gasteiger partial charge in [-0.1, -0.05) is 34.1 Å². The van der Waals surface area contributed by atoms with Gasteiger partial charge in [0.25, 0.3) is 0 Å². The summed E-state index contributed by atoms with van der Waals surface area (Å²) in [5.41, 5.74) is 1.60. The fourth-order valence-electron chi connectivity index (χ4n) is 1.36. The van der Waals surface area contributed by atoms with Crippen LogP contribution in [0.1, 0.15) is 16.1 Å². The number of H-pyrrole nitrogens is 1. The molecular weight excluding hydrogens is 266 g/mol. The van der Waals surface area contributed by atoms with Gasteiger partial charge in [0, 0.05) is 10.7 Å². The Hall–Kier alpha value is -1.61. The molecule has 3 heteroatoms. The Morgan fingerprint density at radius 1 is 1.25 bits per heavy atom. The average Bonchev–Trinajstić information content (AvgIpc) is 2.79. The van der Waals surface area contributed by atoms with E-state index in [9.17, 15) is 4.79 Å². The van der Waals surface area contributed by atoms with E-state index < -0.39 is 0 Å². The summed E-state index contributed by atoms with van der Waals surface area (Å²) in [4.78, 5) is 14.5. The lowest BCUT2D eigenvalue weighted by Gasteiger charge is -1.94. The monoisotopic (exact) mass is 275 g/mol. The molecule has 1 heterocycles. The standard InChI is InChI=1S/C13H10BrNO/c14-11-4-1-3-10(9-11)6-7-13(16)12-5-2-8-15-12/h1-9,15H/b7-6+. The van der Waals surface area contributed by atoms with E-state index in [1.54, 1.807) is 30.5 Å². The van der Waals surface area contributed by atoms with Gasteiger partial charge >= 0.3 is 0 Å². The van der Waals surface area contributed by atoms with Gasteiger partial charge in [-0.15, -0.1) is 0 Å². The van der Waals surface area contributed by atoms with Gasteiger partial charge in [0.1, 0.15) is 0 Å². The summed E-state index contributed by atoms with van der Waals surface area (Å²) in [5, 5.41) is 0. The first-order chi connectivity index (χ1) is 7.75. The largest absolute Gasteiger partial charge is 0.359 e. The van der Waals surface area contributed by atoms with E-state index in [-0.39, 0.29) is 5.78 Å². The molecule has 0 saturated heterocycles. The van der Waals surface area contributed by atoms with Crippen LogP contribution in [-0.4, -0.2) is 10.8 Å². The van der Waals surface area contributed by atoms with Crippen molar-refractivity contribution >= 4 is 27.8 Å². The maximum Gasteiger partial charge on any atom is 0.201 e. The molecule has 16 heavy (non-hydrogen) atoms. The van der Waals surface area contributed by atoms with Crippen molar-refractivity contribution in [2.75, 3.05) is 0 Å². The molecule has 0 atom stereocenters. The van der Waals surface area contributed by atoms with E-state index in [2.05, 4.69) is 20.9 Å². The summed E-state index contributed by atoms with van der Waals surface area (Å²) in [6.07, 6.45) is 5.10. The molecule has 0 radical (unpaired) electrons. The molecule has 0 saturated carbocycles. The van der Waals surface area contributed by atoms with Crippen LogP contribution in [0.5, 0.6) is 0 Å². The molecule has 80 valence electrons. The Balaban J connectivity index is 2.13. The number of rotatable bonds is 3.